The smallest absolute Gasteiger partial charge is 0.196 e. The quantitative estimate of drug-likeness (QED) is 0.385. The molecule has 26 heavy (non-hydrogen) atoms. The summed E-state index contributed by atoms with van der Waals surface area (Å²) in [6.07, 6.45) is 2.02. The van der Waals surface area contributed by atoms with Crippen molar-refractivity contribution in [3.63, 3.8) is 0 Å². The van der Waals surface area contributed by atoms with Crippen LogP contribution in [0.2, 0.25) is 0 Å². The maximum absolute atomic E-state index is 12.8. The van der Waals surface area contributed by atoms with Crippen molar-refractivity contribution in [3.05, 3.63) is 58.3 Å². The normalized spacial score (nSPS) is 10.9. The molecule has 136 valence electrons. The topological polar surface area (TPSA) is 48.7 Å². The third-order valence-corrected chi connectivity index (χ3v) is 4.80. The Morgan fingerprint density at radius 3 is 2.46 bits per heavy atom. The summed E-state index contributed by atoms with van der Waals surface area (Å²) >= 11 is 3.40. The fraction of sp³-hybridized carbons (Fsp3) is 0.286. The van der Waals surface area contributed by atoms with E-state index in [1.54, 1.807) is 26.2 Å². The molecule has 0 saturated heterocycles. The molecule has 3 rings (SSSR count). The zero-order chi connectivity index (χ0) is 18.5. The first-order valence-electron chi connectivity index (χ1n) is 8.54. The van der Waals surface area contributed by atoms with Gasteiger partial charge in [0.2, 0.25) is 0 Å². The Morgan fingerprint density at radius 1 is 1.04 bits per heavy atom. The molecule has 0 saturated carbocycles. The van der Waals surface area contributed by atoms with E-state index in [4.69, 9.17) is 13.9 Å². The average Bonchev–Trinajstić information content (AvgIpc) is 2.68. The van der Waals surface area contributed by atoms with Gasteiger partial charge in [0.1, 0.15) is 22.8 Å². The van der Waals surface area contributed by atoms with Crippen molar-refractivity contribution in [3.8, 4) is 22.8 Å². The first-order valence-corrected chi connectivity index (χ1v) is 9.67. The lowest BCUT2D eigenvalue weighted by Crippen LogP contribution is -2.08. The van der Waals surface area contributed by atoms with Crippen LogP contribution >= 0.6 is 15.9 Å². The van der Waals surface area contributed by atoms with Crippen molar-refractivity contribution < 1.29 is 13.9 Å². The molecular formula is C21H21BrO4. The van der Waals surface area contributed by atoms with E-state index >= 15 is 0 Å². The zero-order valence-corrected chi connectivity index (χ0v) is 16.5. The van der Waals surface area contributed by atoms with Crippen molar-refractivity contribution in [1.29, 1.82) is 0 Å². The lowest BCUT2D eigenvalue weighted by Gasteiger charge is -2.10. The Hall–Kier alpha value is -2.27. The van der Waals surface area contributed by atoms with Crippen LogP contribution in [0.4, 0.5) is 0 Å². The van der Waals surface area contributed by atoms with E-state index < -0.39 is 0 Å². The fourth-order valence-electron chi connectivity index (χ4n) is 2.76. The molecule has 0 amide bonds. The summed E-state index contributed by atoms with van der Waals surface area (Å²) in [6, 6.07) is 12.9. The third-order valence-electron chi connectivity index (χ3n) is 4.24. The van der Waals surface area contributed by atoms with Crippen LogP contribution < -0.4 is 14.9 Å². The van der Waals surface area contributed by atoms with Gasteiger partial charge in [-0.15, -0.1) is 0 Å². The van der Waals surface area contributed by atoms with E-state index in [9.17, 15) is 4.79 Å². The van der Waals surface area contributed by atoms with E-state index in [2.05, 4.69) is 15.9 Å². The van der Waals surface area contributed by atoms with Crippen LogP contribution in [0.15, 0.2) is 51.7 Å². The highest BCUT2D eigenvalue weighted by Gasteiger charge is 2.13. The number of ether oxygens (including phenoxy) is 2. The maximum Gasteiger partial charge on any atom is 0.196 e. The molecule has 2 aromatic carbocycles. The molecule has 5 heteroatoms. The number of methoxy groups -OCH3 is 1. The molecule has 0 aliphatic carbocycles. The number of hydrogen-bond acceptors (Lipinski definition) is 4. The minimum absolute atomic E-state index is 0.0389. The molecule has 1 aromatic heterocycles. The molecule has 0 radical (unpaired) electrons. The second-order valence-corrected chi connectivity index (χ2v) is 6.81. The third kappa shape index (κ3) is 3.93. The molecule has 3 aromatic rings. The summed E-state index contributed by atoms with van der Waals surface area (Å²) < 4.78 is 16.9. The summed E-state index contributed by atoms with van der Waals surface area (Å²) in [7, 11) is 1.62. The Labute approximate surface area is 160 Å². The Kier molecular flexibility index (Phi) is 5.99. The summed E-state index contributed by atoms with van der Waals surface area (Å²) in [5.74, 6) is 2.03. The second kappa shape index (κ2) is 8.41. The largest absolute Gasteiger partial charge is 0.497 e. The van der Waals surface area contributed by atoms with E-state index in [1.165, 1.54) is 0 Å². The number of alkyl halides is 1. The van der Waals surface area contributed by atoms with Crippen LogP contribution in [0.3, 0.4) is 0 Å². The molecule has 0 spiro atoms. The van der Waals surface area contributed by atoms with Crippen molar-refractivity contribution in [2.45, 2.75) is 19.8 Å². The highest BCUT2D eigenvalue weighted by molar-refractivity contribution is 9.09. The first kappa shape index (κ1) is 18.5. The maximum atomic E-state index is 12.8. The van der Waals surface area contributed by atoms with Crippen LogP contribution in [-0.2, 0) is 0 Å². The number of unbranched alkanes of at least 4 members (excludes halogenated alkanes) is 1. The van der Waals surface area contributed by atoms with E-state index in [-0.39, 0.29) is 5.43 Å². The van der Waals surface area contributed by atoms with Crippen LogP contribution in [0.1, 0.15) is 18.4 Å². The molecule has 0 aliphatic rings. The van der Waals surface area contributed by atoms with Gasteiger partial charge in [-0.2, -0.15) is 0 Å². The predicted octanol–water partition coefficient (Wildman–Crippen LogP) is 5.33. The molecule has 4 nitrogen and oxygen atoms in total. The minimum Gasteiger partial charge on any atom is -0.497 e. The summed E-state index contributed by atoms with van der Waals surface area (Å²) in [6.45, 7) is 2.42. The van der Waals surface area contributed by atoms with Crippen molar-refractivity contribution in [1.82, 2.24) is 0 Å². The Bertz CT molecular complexity index is 945. The highest BCUT2D eigenvalue weighted by atomic mass is 79.9. The molecular weight excluding hydrogens is 396 g/mol. The van der Waals surface area contributed by atoms with Gasteiger partial charge >= 0.3 is 0 Å². The van der Waals surface area contributed by atoms with Crippen LogP contribution in [-0.4, -0.2) is 19.0 Å². The van der Waals surface area contributed by atoms with Crippen molar-refractivity contribution in [2.24, 2.45) is 0 Å². The Morgan fingerprint density at radius 2 is 1.77 bits per heavy atom. The fourth-order valence-corrected chi connectivity index (χ4v) is 3.16. The zero-order valence-electron chi connectivity index (χ0n) is 14.9. The second-order valence-electron chi connectivity index (χ2n) is 6.02. The average molecular weight is 417 g/mol. The van der Waals surface area contributed by atoms with Crippen LogP contribution in [0, 0.1) is 6.92 Å². The van der Waals surface area contributed by atoms with E-state index in [1.807, 2.05) is 30.3 Å². The molecule has 0 bridgehead atoms. The lowest BCUT2D eigenvalue weighted by molar-refractivity contribution is 0.310. The molecule has 0 N–H and O–H groups in total. The summed E-state index contributed by atoms with van der Waals surface area (Å²) in [5.41, 5.74) is 1.94. The van der Waals surface area contributed by atoms with E-state index in [0.717, 1.165) is 29.5 Å². The number of rotatable bonds is 7. The van der Waals surface area contributed by atoms with Gasteiger partial charge in [0.05, 0.1) is 19.1 Å². The lowest BCUT2D eigenvalue weighted by atomic mass is 10.1. The van der Waals surface area contributed by atoms with Gasteiger partial charge < -0.3 is 13.9 Å². The molecule has 0 aliphatic heterocycles. The van der Waals surface area contributed by atoms with Crippen molar-refractivity contribution >= 4 is 26.9 Å². The first-order chi connectivity index (χ1) is 12.6. The van der Waals surface area contributed by atoms with Gasteiger partial charge in [-0.3, -0.25) is 4.79 Å². The molecule has 0 unspecified atom stereocenters. The number of halogens is 1. The van der Waals surface area contributed by atoms with Gasteiger partial charge in [0, 0.05) is 16.5 Å². The van der Waals surface area contributed by atoms with Gasteiger partial charge in [-0.25, -0.2) is 0 Å². The molecule has 1 heterocycles. The van der Waals surface area contributed by atoms with E-state index in [0.29, 0.717) is 34.6 Å². The number of hydrogen-bond donors (Lipinski definition) is 0. The van der Waals surface area contributed by atoms with Gasteiger partial charge in [0.15, 0.2) is 5.43 Å². The monoisotopic (exact) mass is 416 g/mol. The van der Waals surface area contributed by atoms with Gasteiger partial charge in [-0.1, -0.05) is 15.9 Å². The minimum atomic E-state index is -0.0389. The standard InChI is InChI=1S/C21H21BrO4/c1-14-20(23)18-13-17(25-12-4-3-11-22)9-10-19(18)26-21(14)15-5-7-16(24-2)8-6-15/h5-10,13H,3-4,11-12H2,1-2H3. The van der Waals surface area contributed by atoms with Crippen LogP contribution in [0.25, 0.3) is 22.3 Å². The molecule has 0 fully saturated rings. The van der Waals surface area contributed by atoms with Crippen LogP contribution in [0.5, 0.6) is 11.5 Å². The summed E-state index contributed by atoms with van der Waals surface area (Å²) in [4.78, 5) is 12.8. The Balaban J connectivity index is 1.95. The van der Waals surface area contributed by atoms with Crippen molar-refractivity contribution in [2.75, 3.05) is 19.0 Å². The highest BCUT2D eigenvalue weighted by Crippen LogP contribution is 2.28. The SMILES string of the molecule is COc1ccc(-c2oc3ccc(OCCCCBr)cc3c(=O)c2C)cc1. The predicted molar refractivity (Wildman–Crippen MR) is 108 cm³/mol. The van der Waals surface area contributed by atoms with Gasteiger partial charge in [-0.05, 0) is 62.2 Å². The molecule has 0 atom stereocenters. The van der Waals surface area contributed by atoms with Gasteiger partial charge in [0.25, 0.3) is 0 Å². The number of benzene rings is 2. The summed E-state index contributed by atoms with van der Waals surface area (Å²) in [5, 5.41) is 1.50. The number of fused-ring (bicyclic) bond motifs is 1.